The van der Waals surface area contributed by atoms with Crippen LogP contribution in [-0.2, 0) is 4.79 Å². The summed E-state index contributed by atoms with van der Waals surface area (Å²) in [5, 5.41) is 2.88. The minimum atomic E-state index is -0.743. The molecule has 0 radical (unpaired) electrons. The molecule has 6 heteroatoms. The van der Waals surface area contributed by atoms with E-state index < -0.39 is 11.6 Å². The van der Waals surface area contributed by atoms with Crippen LogP contribution in [0.25, 0.3) is 0 Å². The fourth-order valence-electron chi connectivity index (χ4n) is 2.01. The predicted octanol–water partition coefficient (Wildman–Crippen LogP) is 2.76. The van der Waals surface area contributed by atoms with Crippen LogP contribution in [0.1, 0.15) is 39.0 Å². The fraction of sp³-hybridized carbons (Fsp3) is 0.562. The van der Waals surface area contributed by atoms with Gasteiger partial charge in [0.1, 0.15) is 5.82 Å². The van der Waals surface area contributed by atoms with Gasteiger partial charge in [-0.05, 0) is 25.0 Å². The van der Waals surface area contributed by atoms with Gasteiger partial charge < -0.3 is 15.8 Å². The van der Waals surface area contributed by atoms with E-state index in [4.69, 9.17) is 10.5 Å². The van der Waals surface area contributed by atoms with E-state index in [-0.39, 0.29) is 30.7 Å². The predicted molar refractivity (Wildman–Crippen MR) is 81.6 cm³/mol. The van der Waals surface area contributed by atoms with Crippen molar-refractivity contribution in [3.05, 3.63) is 29.8 Å². The summed E-state index contributed by atoms with van der Waals surface area (Å²) in [5.41, 5.74) is 5.61. The van der Waals surface area contributed by atoms with E-state index in [0.717, 1.165) is 31.4 Å². The van der Waals surface area contributed by atoms with Gasteiger partial charge in [-0.3, -0.25) is 4.79 Å². The maximum absolute atomic E-state index is 13.3. The molecule has 4 nitrogen and oxygen atoms in total. The Bertz CT molecular complexity index is 469. The number of halogens is 2. The lowest BCUT2D eigenvalue weighted by Crippen LogP contribution is -2.40. The number of benzene rings is 1. The number of hydrogen-bond donors (Lipinski definition) is 2. The largest absolute Gasteiger partial charge is 0.491 e. The van der Waals surface area contributed by atoms with Gasteiger partial charge in [-0.15, -0.1) is 0 Å². The summed E-state index contributed by atoms with van der Waals surface area (Å²) in [6.07, 6.45) is 3.69. The van der Waals surface area contributed by atoms with Crippen molar-refractivity contribution in [2.24, 2.45) is 5.73 Å². The van der Waals surface area contributed by atoms with Gasteiger partial charge in [0.15, 0.2) is 11.6 Å². The fourth-order valence-corrected chi connectivity index (χ4v) is 2.01. The Morgan fingerprint density at radius 3 is 2.77 bits per heavy atom. The number of nitrogens with one attached hydrogen (secondary N) is 1. The number of unbranched alkanes of at least 4 members (excludes halogenated alkanes) is 1. The van der Waals surface area contributed by atoms with Crippen molar-refractivity contribution >= 4 is 5.91 Å². The van der Waals surface area contributed by atoms with Crippen LogP contribution >= 0.6 is 0 Å². The molecule has 0 spiro atoms. The topological polar surface area (TPSA) is 64.3 Å². The average molecular weight is 314 g/mol. The summed E-state index contributed by atoms with van der Waals surface area (Å²) < 4.78 is 31.2. The van der Waals surface area contributed by atoms with Crippen LogP contribution in [0.4, 0.5) is 8.78 Å². The molecule has 0 aliphatic carbocycles. The van der Waals surface area contributed by atoms with Gasteiger partial charge in [0.25, 0.3) is 0 Å². The number of nitrogens with two attached hydrogens (primary N) is 1. The van der Waals surface area contributed by atoms with Gasteiger partial charge in [0.2, 0.25) is 5.91 Å². The molecule has 1 atom stereocenters. The Morgan fingerprint density at radius 1 is 1.36 bits per heavy atom. The Kier molecular flexibility index (Phi) is 8.43. The molecule has 1 aromatic rings. The molecular weight excluding hydrogens is 290 g/mol. The van der Waals surface area contributed by atoms with Gasteiger partial charge in [0.05, 0.1) is 6.61 Å². The molecule has 3 N–H and O–H groups in total. The first-order valence-electron chi connectivity index (χ1n) is 7.64. The highest BCUT2D eigenvalue weighted by Gasteiger charge is 2.10. The van der Waals surface area contributed by atoms with E-state index in [1.54, 1.807) is 0 Å². The Morgan fingerprint density at radius 2 is 2.14 bits per heavy atom. The normalized spacial score (nSPS) is 12.0. The van der Waals surface area contributed by atoms with Crippen LogP contribution < -0.4 is 15.8 Å². The summed E-state index contributed by atoms with van der Waals surface area (Å²) in [4.78, 5) is 11.8. The van der Waals surface area contributed by atoms with Crippen molar-refractivity contribution in [1.82, 2.24) is 5.32 Å². The third kappa shape index (κ3) is 6.85. The van der Waals surface area contributed by atoms with Gasteiger partial charge in [0, 0.05) is 25.1 Å². The third-order valence-electron chi connectivity index (χ3n) is 3.26. The molecule has 1 unspecified atom stereocenters. The monoisotopic (exact) mass is 314 g/mol. The molecule has 124 valence electrons. The molecule has 1 rings (SSSR count). The zero-order valence-corrected chi connectivity index (χ0v) is 12.9. The summed E-state index contributed by atoms with van der Waals surface area (Å²) in [6, 6.07) is 3.13. The maximum Gasteiger partial charge on any atom is 0.220 e. The van der Waals surface area contributed by atoms with Gasteiger partial charge in [-0.25, -0.2) is 8.78 Å². The summed E-state index contributed by atoms with van der Waals surface area (Å²) in [7, 11) is 0. The Balaban J connectivity index is 2.24. The first-order chi connectivity index (χ1) is 10.6. The number of carbonyl (C=O) groups excluding carboxylic acids is 1. The highest BCUT2D eigenvalue weighted by atomic mass is 19.1. The van der Waals surface area contributed by atoms with Crippen LogP contribution in [0, 0.1) is 11.6 Å². The zero-order chi connectivity index (χ0) is 16.4. The van der Waals surface area contributed by atoms with Crippen LogP contribution in [0.3, 0.4) is 0 Å². The highest BCUT2D eigenvalue weighted by molar-refractivity contribution is 5.76. The van der Waals surface area contributed by atoms with Crippen LogP contribution in [0.15, 0.2) is 18.2 Å². The number of amides is 1. The molecule has 0 aliphatic rings. The van der Waals surface area contributed by atoms with Crippen LogP contribution in [0.2, 0.25) is 0 Å². The van der Waals surface area contributed by atoms with Crippen LogP contribution in [0.5, 0.6) is 5.75 Å². The smallest absolute Gasteiger partial charge is 0.220 e. The number of ether oxygens (including phenoxy) is 1. The van der Waals surface area contributed by atoms with E-state index >= 15 is 0 Å². The molecule has 0 saturated heterocycles. The van der Waals surface area contributed by atoms with E-state index in [1.165, 1.54) is 6.07 Å². The van der Waals surface area contributed by atoms with Crippen molar-refractivity contribution in [3.8, 4) is 5.75 Å². The standard InChI is InChI=1S/C16H24F2N2O2/c1-2-3-5-13(11-19)20-16(21)6-4-9-22-15-8-7-12(17)10-14(15)18/h7-8,10,13H,2-6,9,11,19H2,1H3,(H,20,21). The van der Waals surface area contributed by atoms with Crippen molar-refractivity contribution < 1.29 is 18.3 Å². The third-order valence-corrected chi connectivity index (χ3v) is 3.26. The van der Waals surface area contributed by atoms with Crippen molar-refractivity contribution in [3.63, 3.8) is 0 Å². The van der Waals surface area contributed by atoms with E-state index in [9.17, 15) is 13.6 Å². The van der Waals surface area contributed by atoms with Crippen molar-refractivity contribution in [2.45, 2.75) is 45.1 Å². The molecule has 0 aromatic heterocycles. The Hall–Kier alpha value is -1.69. The highest BCUT2D eigenvalue weighted by Crippen LogP contribution is 2.17. The van der Waals surface area contributed by atoms with Crippen molar-refractivity contribution in [1.29, 1.82) is 0 Å². The van der Waals surface area contributed by atoms with Crippen LogP contribution in [-0.4, -0.2) is 25.1 Å². The van der Waals surface area contributed by atoms with Crippen molar-refractivity contribution in [2.75, 3.05) is 13.2 Å². The maximum atomic E-state index is 13.3. The molecule has 0 fully saturated rings. The average Bonchev–Trinajstić information content (AvgIpc) is 2.49. The van der Waals surface area contributed by atoms with E-state index in [1.807, 2.05) is 0 Å². The zero-order valence-electron chi connectivity index (χ0n) is 12.9. The first-order valence-corrected chi connectivity index (χ1v) is 7.64. The second-order valence-electron chi connectivity index (χ2n) is 5.17. The lowest BCUT2D eigenvalue weighted by Gasteiger charge is -2.16. The van der Waals surface area contributed by atoms with Gasteiger partial charge >= 0.3 is 0 Å². The first kappa shape index (κ1) is 18.4. The molecule has 0 heterocycles. The van der Waals surface area contributed by atoms with Gasteiger partial charge in [-0.2, -0.15) is 0 Å². The number of hydrogen-bond acceptors (Lipinski definition) is 3. The molecule has 0 saturated carbocycles. The quantitative estimate of drug-likeness (QED) is 0.653. The lowest BCUT2D eigenvalue weighted by molar-refractivity contribution is -0.122. The second-order valence-corrected chi connectivity index (χ2v) is 5.17. The molecule has 1 amide bonds. The number of rotatable bonds is 10. The summed E-state index contributed by atoms with van der Waals surface area (Å²) >= 11 is 0. The molecule has 0 aliphatic heterocycles. The van der Waals surface area contributed by atoms with E-state index in [2.05, 4.69) is 12.2 Å². The Labute approximate surface area is 130 Å². The van der Waals surface area contributed by atoms with E-state index in [0.29, 0.717) is 13.0 Å². The second kappa shape index (κ2) is 10.1. The molecule has 22 heavy (non-hydrogen) atoms. The lowest BCUT2D eigenvalue weighted by atomic mass is 10.1. The summed E-state index contributed by atoms with van der Waals surface area (Å²) in [5.74, 6) is -1.49. The van der Waals surface area contributed by atoms with Gasteiger partial charge in [-0.1, -0.05) is 19.8 Å². The summed E-state index contributed by atoms with van der Waals surface area (Å²) in [6.45, 7) is 2.70. The number of carbonyl (C=O) groups is 1. The molecule has 0 bridgehead atoms. The SMILES string of the molecule is CCCCC(CN)NC(=O)CCCOc1ccc(F)cc1F. The minimum Gasteiger partial charge on any atom is -0.491 e. The molecule has 1 aromatic carbocycles. The minimum absolute atomic E-state index is 0.00270. The molecular formula is C16H24F2N2O2.